The number of fused-ring (bicyclic) bond motifs is 1. The van der Waals surface area contributed by atoms with E-state index in [0.717, 1.165) is 12.6 Å². The van der Waals surface area contributed by atoms with Crippen molar-refractivity contribution in [2.45, 2.75) is 24.7 Å². The van der Waals surface area contributed by atoms with Gasteiger partial charge in [-0.1, -0.05) is 12.1 Å². The Morgan fingerprint density at radius 3 is 2.65 bits per heavy atom. The lowest BCUT2D eigenvalue weighted by Gasteiger charge is -2.30. The van der Waals surface area contributed by atoms with Crippen LogP contribution in [0.1, 0.15) is 24.0 Å². The van der Waals surface area contributed by atoms with E-state index >= 15 is 0 Å². The summed E-state index contributed by atoms with van der Waals surface area (Å²) in [5.41, 5.74) is 0.912. The summed E-state index contributed by atoms with van der Waals surface area (Å²) in [6.45, 7) is 3.49. The molecule has 2 rings (SSSR count). The monoisotopic (exact) mass is 297 g/mol. The number of hydrogen-bond acceptors (Lipinski definition) is 5. The number of nitrogens with zero attached hydrogens (tertiary/aromatic N) is 1. The second-order valence-electron chi connectivity index (χ2n) is 4.54. The maximum absolute atomic E-state index is 12.2. The van der Waals surface area contributed by atoms with Gasteiger partial charge in [-0.25, -0.2) is 12.7 Å². The first kappa shape index (κ1) is 14.5. The molecule has 0 aliphatic carbocycles. The molecule has 1 aliphatic heterocycles. The van der Waals surface area contributed by atoms with Crippen LogP contribution in [-0.4, -0.2) is 38.3 Å². The number of amides is 1. The summed E-state index contributed by atoms with van der Waals surface area (Å²) in [6.07, 6.45) is 0. The summed E-state index contributed by atoms with van der Waals surface area (Å²) in [6, 6.07) is 4.62. The van der Waals surface area contributed by atoms with E-state index in [2.05, 4.69) is 0 Å². The van der Waals surface area contributed by atoms with E-state index in [4.69, 9.17) is 4.74 Å². The molecule has 0 radical (unpaired) electrons. The average molecular weight is 297 g/mol. The molecule has 1 aromatic rings. The number of carbonyl (C=O) groups excluding carboxylic acids is 2. The van der Waals surface area contributed by atoms with Crippen LogP contribution in [0.25, 0.3) is 0 Å². The third-order valence-electron chi connectivity index (χ3n) is 3.20. The molecule has 1 aliphatic rings. The standard InChI is InChI=1S/C13H15NO5S/c1-4-19-13(16)11-9-6-5-8(2)7-10(9)20(17,18)14(3)12(11)15/h5-7,11H,4H2,1-3H3. The largest absolute Gasteiger partial charge is 0.465 e. The molecule has 7 heteroatoms. The molecule has 0 spiro atoms. The van der Waals surface area contributed by atoms with Crippen molar-refractivity contribution in [2.75, 3.05) is 13.7 Å². The predicted octanol–water partition coefficient (Wildman–Crippen LogP) is 0.802. The third-order valence-corrected chi connectivity index (χ3v) is 5.01. The van der Waals surface area contributed by atoms with Gasteiger partial charge in [0.2, 0.25) is 0 Å². The van der Waals surface area contributed by atoms with E-state index in [1.807, 2.05) is 0 Å². The van der Waals surface area contributed by atoms with Gasteiger partial charge in [-0.05, 0) is 31.0 Å². The highest BCUT2D eigenvalue weighted by molar-refractivity contribution is 7.89. The van der Waals surface area contributed by atoms with E-state index in [-0.39, 0.29) is 17.1 Å². The van der Waals surface area contributed by atoms with E-state index in [1.165, 1.54) is 12.1 Å². The minimum Gasteiger partial charge on any atom is -0.465 e. The van der Waals surface area contributed by atoms with Crippen LogP contribution in [0.15, 0.2) is 23.1 Å². The lowest BCUT2D eigenvalue weighted by Crippen LogP contribution is -2.44. The van der Waals surface area contributed by atoms with Gasteiger partial charge in [0.15, 0.2) is 5.92 Å². The van der Waals surface area contributed by atoms with Crippen LogP contribution in [0.5, 0.6) is 0 Å². The molecule has 0 fully saturated rings. The lowest BCUT2D eigenvalue weighted by atomic mass is 9.97. The van der Waals surface area contributed by atoms with Gasteiger partial charge in [0, 0.05) is 7.05 Å². The highest BCUT2D eigenvalue weighted by Crippen LogP contribution is 2.35. The number of aryl methyl sites for hydroxylation is 1. The number of sulfonamides is 1. The molecule has 1 aromatic carbocycles. The molecule has 0 saturated carbocycles. The zero-order valence-corrected chi connectivity index (χ0v) is 12.2. The van der Waals surface area contributed by atoms with Crippen LogP contribution < -0.4 is 0 Å². The van der Waals surface area contributed by atoms with Crippen molar-refractivity contribution < 1.29 is 22.7 Å². The normalized spacial score (nSPS) is 20.4. The van der Waals surface area contributed by atoms with Crippen molar-refractivity contribution in [3.05, 3.63) is 29.3 Å². The quantitative estimate of drug-likeness (QED) is 0.596. The summed E-state index contributed by atoms with van der Waals surface area (Å²) < 4.78 is 30.0. The minimum atomic E-state index is -3.90. The van der Waals surface area contributed by atoms with Crippen LogP contribution in [-0.2, 0) is 24.3 Å². The van der Waals surface area contributed by atoms with Crippen LogP contribution >= 0.6 is 0 Å². The van der Waals surface area contributed by atoms with E-state index in [0.29, 0.717) is 4.31 Å². The highest BCUT2D eigenvalue weighted by atomic mass is 32.2. The topological polar surface area (TPSA) is 80.8 Å². The van der Waals surface area contributed by atoms with Crippen molar-refractivity contribution in [3.8, 4) is 0 Å². The fourth-order valence-electron chi connectivity index (χ4n) is 2.14. The van der Waals surface area contributed by atoms with E-state index < -0.39 is 27.8 Å². The van der Waals surface area contributed by atoms with Gasteiger partial charge >= 0.3 is 5.97 Å². The minimum absolute atomic E-state index is 0.0161. The van der Waals surface area contributed by atoms with Gasteiger partial charge in [-0.3, -0.25) is 9.59 Å². The smallest absolute Gasteiger partial charge is 0.323 e. The molecule has 20 heavy (non-hydrogen) atoms. The SMILES string of the molecule is CCOC(=O)C1C(=O)N(C)S(=O)(=O)c2cc(C)ccc21. The molecule has 1 heterocycles. The van der Waals surface area contributed by atoms with Crippen LogP contribution in [0.2, 0.25) is 0 Å². The summed E-state index contributed by atoms with van der Waals surface area (Å²) in [5, 5.41) is 0. The Morgan fingerprint density at radius 1 is 1.40 bits per heavy atom. The molecule has 1 atom stereocenters. The second-order valence-corrected chi connectivity index (χ2v) is 6.47. The first-order valence-electron chi connectivity index (χ1n) is 6.10. The van der Waals surface area contributed by atoms with Gasteiger partial charge in [0.05, 0.1) is 11.5 Å². The van der Waals surface area contributed by atoms with Crippen molar-refractivity contribution in [3.63, 3.8) is 0 Å². The van der Waals surface area contributed by atoms with E-state index in [9.17, 15) is 18.0 Å². The van der Waals surface area contributed by atoms with Crippen LogP contribution in [0.3, 0.4) is 0 Å². The van der Waals surface area contributed by atoms with Crippen LogP contribution in [0, 0.1) is 6.92 Å². The number of hydrogen-bond donors (Lipinski definition) is 0. The lowest BCUT2D eigenvalue weighted by molar-refractivity contribution is -0.149. The van der Waals surface area contributed by atoms with Gasteiger partial charge < -0.3 is 4.74 Å². The third kappa shape index (κ3) is 2.07. The highest BCUT2D eigenvalue weighted by Gasteiger charge is 2.45. The zero-order valence-electron chi connectivity index (χ0n) is 11.4. The van der Waals surface area contributed by atoms with Gasteiger partial charge in [0.1, 0.15) is 0 Å². The molecular weight excluding hydrogens is 282 g/mol. The van der Waals surface area contributed by atoms with Crippen LogP contribution in [0.4, 0.5) is 0 Å². The summed E-state index contributed by atoms with van der Waals surface area (Å²) >= 11 is 0. The van der Waals surface area contributed by atoms with Crippen molar-refractivity contribution in [1.82, 2.24) is 4.31 Å². The number of likely N-dealkylation sites (N-methyl/N-ethyl adjacent to an activating group) is 1. The molecule has 6 nitrogen and oxygen atoms in total. The van der Waals surface area contributed by atoms with Gasteiger partial charge in [0.25, 0.3) is 15.9 Å². The Balaban J connectivity index is 2.68. The predicted molar refractivity (Wildman–Crippen MR) is 70.5 cm³/mol. The Morgan fingerprint density at radius 2 is 2.05 bits per heavy atom. The molecule has 0 saturated heterocycles. The average Bonchev–Trinajstić information content (AvgIpc) is 2.38. The summed E-state index contributed by atoms with van der Waals surface area (Å²) in [7, 11) is -2.75. The molecule has 0 bridgehead atoms. The van der Waals surface area contributed by atoms with Gasteiger partial charge in [-0.15, -0.1) is 0 Å². The number of carbonyl (C=O) groups is 2. The second kappa shape index (κ2) is 4.90. The zero-order chi connectivity index (χ0) is 15.1. The Bertz CT molecular complexity index is 680. The van der Waals surface area contributed by atoms with Crippen molar-refractivity contribution >= 4 is 21.9 Å². The number of benzene rings is 1. The molecule has 108 valence electrons. The maximum atomic E-state index is 12.2. The molecule has 1 amide bonds. The Hall–Kier alpha value is -1.89. The molecule has 0 aromatic heterocycles. The fourth-order valence-corrected chi connectivity index (χ4v) is 3.59. The van der Waals surface area contributed by atoms with Gasteiger partial charge in [-0.2, -0.15) is 0 Å². The van der Waals surface area contributed by atoms with Crippen molar-refractivity contribution in [1.29, 1.82) is 0 Å². The number of rotatable bonds is 2. The number of ether oxygens (including phenoxy) is 1. The summed E-state index contributed by atoms with van der Waals surface area (Å²) in [4.78, 5) is 24.1. The molecular formula is C13H15NO5S. The number of esters is 1. The van der Waals surface area contributed by atoms with E-state index in [1.54, 1.807) is 19.9 Å². The summed E-state index contributed by atoms with van der Waals surface area (Å²) in [5.74, 6) is -2.75. The first-order valence-corrected chi connectivity index (χ1v) is 7.54. The molecule has 1 unspecified atom stereocenters. The van der Waals surface area contributed by atoms with Crippen molar-refractivity contribution in [2.24, 2.45) is 0 Å². The fraction of sp³-hybridized carbons (Fsp3) is 0.385. The molecule has 0 N–H and O–H groups in total. The Kier molecular flexibility index (Phi) is 3.56. The first-order chi connectivity index (χ1) is 9.30. The Labute approximate surface area is 117 Å². The maximum Gasteiger partial charge on any atom is 0.323 e.